The fourth-order valence-corrected chi connectivity index (χ4v) is 10.6. The van der Waals surface area contributed by atoms with Crippen molar-refractivity contribution in [3.8, 4) is 122 Å². The van der Waals surface area contributed by atoms with Gasteiger partial charge in [-0.25, -0.2) is 0 Å². The number of hydrogen-bond donors (Lipinski definition) is 0. The molecule has 0 unspecified atom stereocenters. The second-order valence-electron chi connectivity index (χ2n) is 18.5. The third-order valence-electron chi connectivity index (χ3n) is 13.9. The summed E-state index contributed by atoms with van der Waals surface area (Å²) in [7, 11) is 0. The normalized spacial score (nSPS) is 9.48. The van der Waals surface area contributed by atoms with Crippen LogP contribution in [0.2, 0.25) is 0 Å². The number of rotatable bonds is 11. The zero-order chi connectivity index (χ0) is 52.3. The number of benzene rings is 13. The maximum atomic E-state index is 3.23. The Kier molecular flexibility index (Phi) is 46.4. The van der Waals surface area contributed by atoms with E-state index in [2.05, 4.69) is 206 Å². The molecule has 11 heteroatoms. The molecule has 13 aromatic rings. The first-order valence-electron chi connectivity index (χ1n) is 25.9. The standard InChI is InChI=1S/C42H24.C36H21.11Y/c1-7-19-31(20-8-1)37-38(32-21-9-2-10-22-32)40(34-25-13-4-14-26-34)42(36-29-17-6-18-30-36)41(35-27-15-5-16-28-35)39(37)33-23-11-3-12-24-33;1-6-16-27(17-7-1)32-26-33(28-18-8-2-9-19-28)35(30-22-12-4-13-23-30)36(31-24-14-5-15-25-31)34(32)29-20-10-3-11-21-29;;;;;;;;;;;/h7-30H;6-26H;;;;;;;;;;;/q-6;-5;;;;;;;;;;;. The van der Waals surface area contributed by atoms with Gasteiger partial charge in [0.2, 0.25) is 0 Å². The van der Waals surface area contributed by atoms with Crippen LogP contribution in [-0.4, -0.2) is 0 Å². The first-order valence-corrected chi connectivity index (χ1v) is 25.9. The predicted molar refractivity (Wildman–Crippen MR) is 320 cm³/mol. The molecule has 0 aromatic heterocycles. The predicted octanol–water partition coefficient (Wildman–Crippen LogP) is 19.5. The molecule has 0 aliphatic carbocycles. The van der Waals surface area contributed by atoms with Gasteiger partial charge in [0.25, 0.3) is 0 Å². The SMILES string of the molecule is [Y].[Y].[Y].[Y].[Y].[Y].[Y].[Y].[Y].[Y].[Y].[c-]1ccc(-c2c(-c3cc[c-]cc3)c(-c3cc[c-]cc3)c(-c3cc[c-]cc3)c(-c3cc[c-]cc3)c2-c2cc[c-]cc2)cc1.[c-]1ccc(-c2cc(-c3cc[c-]cc3)c(-c3cc[c-]cc3)c(-c3cc[c-]cc3)c2-c2cc[c-]cc2)cc1. The van der Waals surface area contributed by atoms with Crippen LogP contribution in [0.3, 0.4) is 0 Å². The van der Waals surface area contributed by atoms with Gasteiger partial charge in [0.1, 0.15) is 0 Å². The molecule has 401 valence electrons. The van der Waals surface area contributed by atoms with E-state index >= 15 is 0 Å². The van der Waals surface area contributed by atoms with Gasteiger partial charge in [-0.1, -0.05) is 0 Å². The molecular formula is C78H45Y11-11. The van der Waals surface area contributed by atoms with E-state index in [1.54, 1.807) is 0 Å². The average Bonchev–Trinajstić information content (AvgIpc) is 2.78. The average molecular weight is 1960 g/mol. The molecular weight excluding hydrogens is 1910 g/mol. The molecule has 0 aliphatic heterocycles. The Morgan fingerprint density at radius 1 is 0.124 bits per heavy atom. The second-order valence-corrected chi connectivity index (χ2v) is 18.5. The molecule has 0 spiro atoms. The van der Waals surface area contributed by atoms with Gasteiger partial charge in [-0.15, -0.1) is 61.2 Å². The molecule has 0 saturated carbocycles. The summed E-state index contributed by atoms with van der Waals surface area (Å²) in [5, 5.41) is 0. The maximum absolute atomic E-state index is 3.23. The second kappa shape index (κ2) is 46.4. The molecule has 0 amide bonds. The summed E-state index contributed by atoms with van der Waals surface area (Å²) in [5.74, 6) is 0. The molecule has 13 rings (SSSR count). The van der Waals surface area contributed by atoms with Crippen LogP contribution in [0, 0.1) is 66.7 Å². The van der Waals surface area contributed by atoms with E-state index in [4.69, 9.17) is 0 Å². The monoisotopic (exact) mass is 1960 g/mol. The van der Waals surface area contributed by atoms with Crippen LogP contribution in [0.1, 0.15) is 0 Å². The molecule has 0 nitrogen and oxygen atoms in total. The van der Waals surface area contributed by atoms with Crippen molar-refractivity contribution in [3.05, 3.63) is 340 Å². The third kappa shape index (κ3) is 22.0. The van der Waals surface area contributed by atoms with Crippen molar-refractivity contribution in [1.82, 2.24) is 0 Å². The minimum Gasteiger partial charge on any atom is -0.184 e. The van der Waals surface area contributed by atoms with Crippen molar-refractivity contribution < 1.29 is 360 Å². The van der Waals surface area contributed by atoms with Crippen molar-refractivity contribution in [2.75, 3.05) is 0 Å². The topological polar surface area (TPSA) is 0 Å². The Balaban J connectivity index is 0.000000799. The van der Waals surface area contributed by atoms with Gasteiger partial charge in [-0.2, -0.15) is 334 Å². The summed E-state index contributed by atoms with van der Waals surface area (Å²) in [6.45, 7) is 0. The zero-order valence-electron chi connectivity index (χ0n) is 48.8. The molecule has 0 heterocycles. The van der Waals surface area contributed by atoms with E-state index in [0.29, 0.717) is 0 Å². The Hall–Kier alpha value is 2.00. The minimum atomic E-state index is 0. The van der Waals surface area contributed by atoms with Gasteiger partial charge >= 0.3 is 0 Å². The Labute approximate surface area is 804 Å². The van der Waals surface area contributed by atoms with Crippen LogP contribution in [0.5, 0.6) is 0 Å². The van der Waals surface area contributed by atoms with Crippen LogP contribution < -0.4 is 0 Å². The molecule has 0 aliphatic rings. The fourth-order valence-electron chi connectivity index (χ4n) is 10.6. The van der Waals surface area contributed by atoms with Crippen LogP contribution in [0.15, 0.2) is 273 Å². The molecule has 89 heavy (non-hydrogen) atoms. The quantitative estimate of drug-likeness (QED) is 0.113. The van der Waals surface area contributed by atoms with Crippen LogP contribution >= 0.6 is 0 Å². The zero-order valence-corrected chi connectivity index (χ0v) is 80.1. The van der Waals surface area contributed by atoms with Crippen LogP contribution in [0.25, 0.3) is 122 Å². The molecule has 0 fully saturated rings. The van der Waals surface area contributed by atoms with E-state index < -0.39 is 0 Å². The van der Waals surface area contributed by atoms with E-state index in [-0.39, 0.29) is 360 Å². The van der Waals surface area contributed by atoms with Gasteiger partial charge in [0.15, 0.2) is 0 Å². The molecule has 13 aromatic carbocycles. The van der Waals surface area contributed by atoms with Crippen molar-refractivity contribution in [3.63, 3.8) is 0 Å². The van der Waals surface area contributed by atoms with Crippen molar-refractivity contribution in [2.24, 2.45) is 0 Å². The molecule has 0 bridgehead atoms. The van der Waals surface area contributed by atoms with E-state index in [9.17, 15) is 0 Å². The Morgan fingerprint density at radius 2 is 0.225 bits per heavy atom. The van der Waals surface area contributed by atoms with Gasteiger partial charge in [0, 0.05) is 360 Å². The summed E-state index contributed by atoms with van der Waals surface area (Å²) >= 11 is 0. The van der Waals surface area contributed by atoms with Crippen LogP contribution in [0.4, 0.5) is 0 Å². The first-order chi connectivity index (χ1) is 38.8. The summed E-state index contributed by atoms with van der Waals surface area (Å²) in [6.07, 6.45) is 0. The molecule has 11 radical (unpaired) electrons. The van der Waals surface area contributed by atoms with Crippen LogP contribution in [-0.2, 0) is 360 Å². The number of hydrogen-bond acceptors (Lipinski definition) is 0. The third-order valence-corrected chi connectivity index (χ3v) is 13.9. The Bertz CT molecular complexity index is 3570. The first kappa shape index (κ1) is 89.0. The Morgan fingerprint density at radius 3 is 0.360 bits per heavy atom. The molecule has 0 atom stereocenters. The van der Waals surface area contributed by atoms with Crippen molar-refractivity contribution in [2.45, 2.75) is 0 Å². The summed E-state index contributed by atoms with van der Waals surface area (Å²) < 4.78 is 0. The van der Waals surface area contributed by atoms with Gasteiger partial charge in [-0.05, 0) is 67.3 Å². The molecule has 0 N–H and O–H groups in total. The van der Waals surface area contributed by atoms with E-state index in [0.717, 1.165) is 61.2 Å². The largest absolute Gasteiger partial charge is 0.184 e. The summed E-state index contributed by atoms with van der Waals surface area (Å²) in [6, 6.07) is 129. The van der Waals surface area contributed by atoms with Gasteiger partial charge < -0.3 is 0 Å². The van der Waals surface area contributed by atoms with Crippen molar-refractivity contribution >= 4 is 0 Å². The minimum absolute atomic E-state index is 0. The molecule has 0 saturated heterocycles. The van der Waals surface area contributed by atoms with Gasteiger partial charge in [-0.3, -0.25) is 0 Å². The van der Waals surface area contributed by atoms with Gasteiger partial charge in [0.05, 0.1) is 0 Å². The fraction of sp³-hybridized carbons (Fsp3) is 0. The maximum Gasteiger partial charge on any atom is 0 e. The smallest absolute Gasteiger partial charge is 0 e. The summed E-state index contributed by atoms with van der Waals surface area (Å²) in [4.78, 5) is 0. The van der Waals surface area contributed by atoms with E-state index in [1.807, 2.05) is 133 Å². The summed E-state index contributed by atoms with van der Waals surface area (Å²) in [5.41, 5.74) is 25.4. The van der Waals surface area contributed by atoms with Crippen molar-refractivity contribution in [1.29, 1.82) is 0 Å². The van der Waals surface area contributed by atoms with E-state index in [1.165, 1.54) is 61.2 Å².